The van der Waals surface area contributed by atoms with Crippen LogP contribution < -0.4 is 5.32 Å². The van der Waals surface area contributed by atoms with Gasteiger partial charge in [0.2, 0.25) is 0 Å². The monoisotopic (exact) mass is 179 g/mol. The summed E-state index contributed by atoms with van der Waals surface area (Å²) in [5.41, 5.74) is 1.86. The normalized spacial score (nSPS) is 11.0. The van der Waals surface area contributed by atoms with Gasteiger partial charge in [-0.3, -0.25) is 0 Å². The number of hydrogen-bond acceptors (Lipinski definition) is 1. The van der Waals surface area contributed by atoms with Crippen LogP contribution in [-0.4, -0.2) is 13.6 Å². The summed E-state index contributed by atoms with van der Waals surface area (Å²) in [6.45, 7) is 2.69. The molecule has 0 atom stereocenters. The number of nitrogens with one attached hydrogen (secondary N) is 1. The van der Waals surface area contributed by atoms with Crippen LogP contribution in [0.25, 0.3) is 6.08 Å². The van der Waals surface area contributed by atoms with Gasteiger partial charge in [-0.25, -0.2) is 4.39 Å². The van der Waals surface area contributed by atoms with E-state index in [-0.39, 0.29) is 5.82 Å². The quantitative estimate of drug-likeness (QED) is 0.751. The first-order valence-electron chi connectivity index (χ1n) is 4.30. The van der Waals surface area contributed by atoms with Gasteiger partial charge in [0.05, 0.1) is 0 Å². The van der Waals surface area contributed by atoms with Crippen molar-refractivity contribution in [2.45, 2.75) is 6.92 Å². The minimum absolute atomic E-state index is 0.177. The molecule has 0 aliphatic carbocycles. The minimum atomic E-state index is -0.177. The second kappa shape index (κ2) is 4.77. The van der Waals surface area contributed by atoms with Crippen LogP contribution in [0, 0.1) is 12.7 Å². The van der Waals surface area contributed by atoms with Crippen molar-refractivity contribution in [2.75, 3.05) is 13.6 Å². The van der Waals surface area contributed by atoms with Crippen LogP contribution in [0.4, 0.5) is 4.39 Å². The van der Waals surface area contributed by atoms with Crippen molar-refractivity contribution >= 4 is 6.08 Å². The Morgan fingerprint density at radius 3 is 2.77 bits per heavy atom. The standard InChI is InChI=1S/C11H14FN/c1-9-6-10(4-3-5-13-2)8-11(12)7-9/h3-4,6-8,13H,5H2,1-2H3. The third-order valence-electron chi connectivity index (χ3n) is 1.70. The molecule has 0 bridgehead atoms. The summed E-state index contributed by atoms with van der Waals surface area (Å²) in [6.07, 6.45) is 3.88. The zero-order valence-electron chi connectivity index (χ0n) is 7.97. The van der Waals surface area contributed by atoms with E-state index in [2.05, 4.69) is 5.32 Å². The lowest BCUT2D eigenvalue weighted by molar-refractivity contribution is 0.626. The van der Waals surface area contributed by atoms with Crippen molar-refractivity contribution < 1.29 is 4.39 Å². The fourth-order valence-corrected chi connectivity index (χ4v) is 1.17. The Morgan fingerprint density at radius 2 is 2.15 bits per heavy atom. The van der Waals surface area contributed by atoms with Crippen LogP contribution in [0.1, 0.15) is 11.1 Å². The summed E-state index contributed by atoms with van der Waals surface area (Å²) in [5, 5.41) is 2.99. The fraction of sp³-hybridized carbons (Fsp3) is 0.273. The lowest BCUT2D eigenvalue weighted by atomic mass is 10.1. The average Bonchev–Trinajstić information content (AvgIpc) is 2.03. The van der Waals surface area contributed by atoms with Gasteiger partial charge in [-0.2, -0.15) is 0 Å². The van der Waals surface area contributed by atoms with E-state index >= 15 is 0 Å². The number of hydrogen-bond donors (Lipinski definition) is 1. The highest BCUT2D eigenvalue weighted by molar-refractivity contribution is 5.50. The molecule has 0 unspecified atom stereocenters. The molecule has 13 heavy (non-hydrogen) atoms. The Kier molecular flexibility index (Phi) is 3.65. The molecule has 1 nitrogen and oxygen atoms in total. The molecule has 1 rings (SSSR count). The van der Waals surface area contributed by atoms with E-state index in [9.17, 15) is 4.39 Å². The molecule has 0 aliphatic rings. The number of rotatable bonds is 3. The van der Waals surface area contributed by atoms with Crippen LogP contribution >= 0.6 is 0 Å². The Labute approximate surface area is 78.3 Å². The third kappa shape index (κ3) is 3.38. The molecule has 0 heterocycles. The van der Waals surface area contributed by atoms with E-state index in [0.29, 0.717) is 0 Å². The maximum atomic E-state index is 12.9. The number of aryl methyl sites for hydroxylation is 1. The van der Waals surface area contributed by atoms with E-state index in [4.69, 9.17) is 0 Å². The van der Waals surface area contributed by atoms with Gasteiger partial charge in [-0.1, -0.05) is 18.2 Å². The molecular formula is C11H14FN. The van der Waals surface area contributed by atoms with Gasteiger partial charge in [0.15, 0.2) is 0 Å². The SMILES string of the molecule is CNCC=Cc1cc(C)cc(F)c1. The molecule has 0 saturated heterocycles. The maximum absolute atomic E-state index is 12.9. The third-order valence-corrected chi connectivity index (χ3v) is 1.70. The van der Waals surface area contributed by atoms with Crippen molar-refractivity contribution in [3.63, 3.8) is 0 Å². The van der Waals surface area contributed by atoms with Crippen LogP contribution in [-0.2, 0) is 0 Å². The van der Waals surface area contributed by atoms with Gasteiger partial charge in [0, 0.05) is 6.54 Å². The van der Waals surface area contributed by atoms with Gasteiger partial charge < -0.3 is 5.32 Å². The van der Waals surface area contributed by atoms with E-state index in [1.165, 1.54) is 12.1 Å². The molecule has 0 aliphatic heterocycles. The Bertz CT molecular complexity index is 285. The van der Waals surface area contributed by atoms with Crippen molar-refractivity contribution in [3.05, 3.63) is 41.2 Å². The highest BCUT2D eigenvalue weighted by Crippen LogP contribution is 2.09. The van der Waals surface area contributed by atoms with Crippen LogP contribution in [0.3, 0.4) is 0 Å². The highest BCUT2D eigenvalue weighted by Gasteiger charge is 1.93. The van der Waals surface area contributed by atoms with Crippen LogP contribution in [0.15, 0.2) is 24.3 Å². The highest BCUT2D eigenvalue weighted by atomic mass is 19.1. The second-order valence-corrected chi connectivity index (χ2v) is 3.02. The molecule has 0 spiro atoms. The first-order chi connectivity index (χ1) is 6.22. The Balaban J connectivity index is 2.77. The molecule has 1 aromatic carbocycles. The topological polar surface area (TPSA) is 12.0 Å². The van der Waals surface area contributed by atoms with Crippen molar-refractivity contribution in [2.24, 2.45) is 0 Å². The summed E-state index contributed by atoms with van der Waals surface area (Å²) >= 11 is 0. The van der Waals surface area contributed by atoms with E-state index in [0.717, 1.165) is 17.7 Å². The predicted octanol–water partition coefficient (Wildman–Crippen LogP) is 2.37. The first kappa shape index (κ1) is 9.93. The average molecular weight is 179 g/mol. The smallest absolute Gasteiger partial charge is 0.124 e. The first-order valence-corrected chi connectivity index (χ1v) is 4.30. The maximum Gasteiger partial charge on any atom is 0.124 e. The van der Waals surface area contributed by atoms with Gasteiger partial charge in [-0.05, 0) is 37.2 Å². The molecule has 70 valence electrons. The number of benzene rings is 1. The summed E-state index contributed by atoms with van der Waals surface area (Å²) in [5.74, 6) is -0.177. The zero-order chi connectivity index (χ0) is 9.68. The summed E-state index contributed by atoms with van der Waals surface area (Å²) in [6, 6.07) is 5.00. The Morgan fingerprint density at radius 1 is 1.38 bits per heavy atom. The zero-order valence-corrected chi connectivity index (χ0v) is 7.97. The summed E-state index contributed by atoms with van der Waals surface area (Å²) < 4.78 is 12.9. The summed E-state index contributed by atoms with van der Waals surface area (Å²) in [4.78, 5) is 0. The molecule has 1 N–H and O–H groups in total. The van der Waals surface area contributed by atoms with Crippen molar-refractivity contribution in [1.82, 2.24) is 5.32 Å². The molecule has 2 heteroatoms. The molecular weight excluding hydrogens is 165 g/mol. The minimum Gasteiger partial charge on any atom is -0.316 e. The van der Waals surface area contributed by atoms with E-state index < -0.39 is 0 Å². The van der Waals surface area contributed by atoms with Crippen molar-refractivity contribution in [1.29, 1.82) is 0 Å². The largest absolute Gasteiger partial charge is 0.316 e. The molecule has 0 aromatic heterocycles. The molecule has 0 radical (unpaired) electrons. The van der Waals surface area contributed by atoms with Crippen LogP contribution in [0.5, 0.6) is 0 Å². The van der Waals surface area contributed by atoms with E-state index in [1.807, 2.05) is 32.2 Å². The van der Waals surface area contributed by atoms with Gasteiger partial charge in [0.1, 0.15) is 5.82 Å². The van der Waals surface area contributed by atoms with E-state index in [1.54, 1.807) is 0 Å². The lowest BCUT2D eigenvalue weighted by Gasteiger charge is -1.97. The predicted molar refractivity (Wildman–Crippen MR) is 54.1 cm³/mol. The summed E-state index contributed by atoms with van der Waals surface area (Å²) in [7, 11) is 1.88. The van der Waals surface area contributed by atoms with Gasteiger partial charge in [0.25, 0.3) is 0 Å². The molecule has 0 amide bonds. The van der Waals surface area contributed by atoms with Crippen LogP contribution in [0.2, 0.25) is 0 Å². The lowest BCUT2D eigenvalue weighted by Crippen LogP contribution is -2.03. The molecule has 0 fully saturated rings. The second-order valence-electron chi connectivity index (χ2n) is 3.02. The van der Waals surface area contributed by atoms with Gasteiger partial charge >= 0.3 is 0 Å². The molecule has 0 saturated carbocycles. The Hall–Kier alpha value is -1.15. The van der Waals surface area contributed by atoms with Crippen molar-refractivity contribution in [3.8, 4) is 0 Å². The van der Waals surface area contributed by atoms with Gasteiger partial charge in [-0.15, -0.1) is 0 Å². The molecule has 1 aromatic rings. The number of likely N-dealkylation sites (N-methyl/N-ethyl adjacent to an activating group) is 1. The fourth-order valence-electron chi connectivity index (χ4n) is 1.17. The number of halogens is 1.